The Hall–Kier alpha value is -1.32. The van der Waals surface area contributed by atoms with Gasteiger partial charge < -0.3 is 0 Å². The summed E-state index contributed by atoms with van der Waals surface area (Å²) in [6.07, 6.45) is -2.36. The molecule has 1 aromatic heterocycles. The summed E-state index contributed by atoms with van der Waals surface area (Å²) in [6, 6.07) is 3.09. The Labute approximate surface area is 93.7 Å². The molecule has 0 unspecified atom stereocenters. The number of hydrogen-bond donors (Lipinski definition) is 0. The largest absolute Gasteiger partial charge is 0.292 e. The number of alkyl halides is 2. The van der Waals surface area contributed by atoms with E-state index in [-0.39, 0.29) is 29.5 Å². The minimum absolute atomic E-state index is 0.0257. The van der Waals surface area contributed by atoms with E-state index in [2.05, 4.69) is 4.98 Å². The number of ketones is 1. The minimum atomic E-state index is -2.64. The number of rotatable bonds is 4. The maximum Gasteiger partial charge on any atom is 0.280 e. The van der Waals surface area contributed by atoms with E-state index in [9.17, 15) is 13.6 Å². The van der Waals surface area contributed by atoms with Crippen LogP contribution < -0.4 is 0 Å². The highest BCUT2D eigenvalue weighted by Crippen LogP contribution is 2.27. The number of hydrogen-bond acceptors (Lipinski definition) is 2. The number of carbonyl (C=O) groups excluding carboxylic acids is 1. The Morgan fingerprint density at radius 1 is 1.38 bits per heavy atom. The molecule has 2 nitrogen and oxygen atoms in total. The molecule has 0 atom stereocenters. The molecule has 0 aromatic carbocycles. The fourth-order valence-corrected chi connectivity index (χ4v) is 1.49. The van der Waals surface area contributed by atoms with Crippen LogP contribution in [0.2, 0.25) is 0 Å². The highest BCUT2D eigenvalue weighted by atomic mass is 19.3. The van der Waals surface area contributed by atoms with Gasteiger partial charge in [0.1, 0.15) is 11.4 Å². The van der Waals surface area contributed by atoms with E-state index < -0.39 is 6.43 Å². The maximum atomic E-state index is 12.8. The first kappa shape index (κ1) is 12.7. The van der Waals surface area contributed by atoms with Gasteiger partial charge in [0.05, 0.1) is 0 Å². The Bertz CT molecular complexity index is 389. The topological polar surface area (TPSA) is 30.0 Å². The van der Waals surface area contributed by atoms with Crippen molar-refractivity contribution in [3.63, 3.8) is 0 Å². The third-order valence-corrected chi connectivity index (χ3v) is 2.39. The maximum absolute atomic E-state index is 12.8. The number of Topliss-reactive ketones (excluding diaryl/α,β-unsaturated/α-hetero) is 1. The van der Waals surface area contributed by atoms with Crippen LogP contribution in [0.1, 0.15) is 61.3 Å². The lowest BCUT2D eigenvalue weighted by Crippen LogP contribution is -2.07. The number of nitrogens with zero attached hydrogens (tertiary/aromatic N) is 1. The van der Waals surface area contributed by atoms with E-state index in [1.165, 1.54) is 6.07 Å². The summed E-state index contributed by atoms with van der Waals surface area (Å²) in [5.41, 5.74) is 0.360. The summed E-state index contributed by atoms with van der Waals surface area (Å²) in [5.74, 6) is -0.237. The molecular weight excluding hydrogens is 212 g/mol. The summed E-state index contributed by atoms with van der Waals surface area (Å²) in [5, 5.41) is 0. The highest BCUT2D eigenvalue weighted by Gasteiger charge is 2.19. The Morgan fingerprint density at radius 2 is 2.00 bits per heavy atom. The van der Waals surface area contributed by atoms with Crippen molar-refractivity contribution in [2.24, 2.45) is 0 Å². The Balaban J connectivity index is 3.22. The molecule has 0 aliphatic rings. The lowest BCUT2D eigenvalue weighted by atomic mass is 10.0. The first-order valence-electron chi connectivity index (χ1n) is 5.29. The third-order valence-electron chi connectivity index (χ3n) is 2.39. The predicted molar refractivity (Wildman–Crippen MR) is 57.9 cm³/mol. The zero-order chi connectivity index (χ0) is 12.3. The van der Waals surface area contributed by atoms with Gasteiger partial charge in [0, 0.05) is 6.42 Å². The quantitative estimate of drug-likeness (QED) is 0.733. The smallest absolute Gasteiger partial charge is 0.280 e. The van der Waals surface area contributed by atoms with Gasteiger partial charge in [-0.3, -0.25) is 4.79 Å². The van der Waals surface area contributed by atoms with Crippen LogP contribution in [0.25, 0.3) is 0 Å². The molecule has 0 saturated heterocycles. The molecule has 0 saturated carbocycles. The first-order valence-corrected chi connectivity index (χ1v) is 5.29. The average molecular weight is 227 g/mol. The van der Waals surface area contributed by atoms with Crippen LogP contribution >= 0.6 is 0 Å². The van der Waals surface area contributed by atoms with Crippen LogP contribution in [0.4, 0.5) is 8.78 Å². The van der Waals surface area contributed by atoms with Gasteiger partial charge in [0.15, 0.2) is 5.78 Å². The Kier molecular flexibility index (Phi) is 4.10. The molecule has 0 aliphatic carbocycles. The van der Waals surface area contributed by atoms with Gasteiger partial charge in [-0.2, -0.15) is 0 Å². The number of aromatic nitrogens is 1. The predicted octanol–water partition coefficient (Wildman–Crippen LogP) is 3.74. The molecule has 4 heteroatoms. The molecule has 16 heavy (non-hydrogen) atoms. The molecule has 0 N–H and O–H groups in total. The average Bonchev–Trinajstić information content (AvgIpc) is 2.26. The molecule has 0 fully saturated rings. The van der Waals surface area contributed by atoms with E-state index in [0.717, 1.165) is 0 Å². The van der Waals surface area contributed by atoms with Crippen molar-refractivity contribution in [1.29, 1.82) is 0 Å². The summed E-state index contributed by atoms with van der Waals surface area (Å²) < 4.78 is 25.5. The summed E-state index contributed by atoms with van der Waals surface area (Å²) in [6.45, 7) is 5.33. The van der Waals surface area contributed by atoms with Gasteiger partial charge in [-0.1, -0.05) is 26.8 Å². The van der Waals surface area contributed by atoms with E-state index >= 15 is 0 Å². The fourth-order valence-electron chi connectivity index (χ4n) is 1.49. The SMILES string of the molecule is CCC(=O)c1ccc(C(C)C)c(C(F)F)n1. The van der Waals surface area contributed by atoms with E-state index in [1.807, 2.05) is 13.8 Å². The molecule has 0 amide bonds. The molecule has 0 radical (unpaired) electrons. The van der Waals surface area contributed by atoms with Crippen molar-refractivity contribution in [3.05, 3.63) is 29.1 Å². The lowest BCUT2D eigenvalue weighted by Gasteiger charge is -2.12. The molecule has 0 bridgehead atoms. The van der Waals surface area contributed by atoms with E-state index in [1.54, 1.807) is 13.0 Å². The normalized spacial score (nSPS) is 11.2. The number of carbonyl (C=O) groups is 1. The third kappa shape index (κ3) is 2.62. The van der Waals surface area contributed by atoms with Crippen LogP contribution in [0, 0.1) is 0 Å². The van der Waals surface area contributed by atoms with Gasteiger partial charge in [0.25, 0.3) is 6.43 Å². The van der Waals surface area contributed by atoms with Gasteiger partial charge in [-0.15, -0.1) is 0 Å². The molecule has 1 aromatic rings. The first-order chi connectivity index (χ1) is 7.47. The number of halogens is 2. The van der Waals surface area contributed by atoms with Gasteiger partial charge in [-0.05, 0) is 17.5 Å². The van der Waals surface area contributed by atoms with Gasteiger partial charge >= 0.3 is 0 Å². The zero-order valence-electron chi connectivity index (χ0n) is 9.63. The van der Waals surface area contributed by atoms with Crippen molar-refractivity contribution in [1.82, 2.24) is 4.98 Å². The van der Waals surface area contributed by atoms with Crippen LogP contribution in [-0.4, -0.2) is 10.8 Å². The Morgan fingerprint density at radius 3 is 2.44 bits per heavy atom. The molecular formula is C12H15F2NO. The standard InChI is InChI=1S/C12H15F2NO/c1-4-10(16)9-6-5-8(7(2)3)11(15-9)12(13)14/h5-7,12H,4H2,1-3H3. The summed E-state index contributed by atoms with van der Waals surface area (Å²) in [7, 11) is 0. The fraction of sp³-hybridized carbons (Fsp3) is 0.500. The lowest BCUT2D eigenvalue weighted by molar-refractivity contribution is 0.0981. The molecule has 0 spiro atoms. The minimum Gasteiger partial charge on any atom is -0.292 e. The summed E-state index contributed by atoms with van der Waals surface area (Å²) in [4.78, 5) is 15.1. The molecule has 88 valence electrons. The van der Waals surface area contributed by atoms with Crippen molar-refractivity contribution >= 4 is 5.78 Å². The molecule has 0 aliphatic heterocycles. The second-order valence-corrected chi connectivity index (χ2v) is 3.90. The van der Waals surface area contributed by atoms with Gasteiger partial charge in [-0.25, -0.2) is 13.8 Å². The van der Waals surface area contributed by atoms with Crippen LogP contribution in [0.15, 0.2) is 12.1 Å². The summed E-state index contributed by atoms with van der Waals surface area (Å²) >= 11 is 0. The highest BCUT2D eigenvalue weighted by molar-refractivity contribution is 5.94. The van der Waals surface area contributed by atoms with E-state index in [0.29, 0.717) is 5.56 Å². The number of pyridine rings is 1. The van der Waals surface area contributed by atoms with E-state index in [4.69, 9.17) is 0 Å². The monoisotopic (exact) mass is 227 g/mol. The van der Waals surface area contributed by atoms with Crippen molar-refractivity contribution in [2.75, 3.05) is 0 Å². The molecule has 1 heterocycles. The van der Waals surface area contributed by atoms with Crippen molar-refractivity contribution in [3.8, 4) is 0 Å². The second kappa shape index (κ2) is 5.14. The van der Waals surface area contributed by atoms with Crippen molar-refractivity contribution in [2.45, 2.75) is 39.5 Å². The van der Waals surface area contributed by atoms with Crippen molar-refractivity contribution < 1.29 is 13.6 Å². The second-order valence-electron chi connectivity index (χ2n) is 3.90. The zero-order valence-corrected chi connectivity index (χ0v) is 9.63. The molecule has 1 rings (SSSR count). The van der Waals surface area contributed by atoms with Crippen LogP contribution in [-0.2, 0) is 0 Å². The van der Waals surface area contributed by atoms with Crippen LogP contribution in [0.3, 0.4) is 0 Å². The van der Waals surface area contributed by atoms with Gasteiger partial charge in [0.2, 0.25) is 0 Å². The van der Waals surface area contributed by atoms with Crippen LogP contribution in [0.5, 0.6) is 0 Å².